The standard InChI is InChI=1S/C17H17ClN4O/c1-11(2)9-17(23)21-13-5-3-12(4-6-13)20-16-8-7-14(18)15(10-19)22-16/h3-8,11H,9H2,1-2H3,(H,20,22)(H,21,23). The minimum Gasteiger partial charge on any atom is -0.340 e. The molecular weight excluding hydrogens is 312 g/mol. The van der Waals surface area contributed by atoms with E-state index in [9.17, 15) is 4.79 Å². The normalized spacial score (nSPS) is 10.2. The van der Waals surface area contributed by atoms with Gasteiger partial charge in [-0.3, -0.25) is 4.79 Å². The topological polar surface area (TPSA) is 77.8 Å². The van der Waals surface area contributed by atoms with Gasteiger partial charge in [-0.15, -0.1) is 0 Å². The van der Waals surface area contributed by atoms with E-state index < -0.39 is 0 Å². The molecule has 1 aromatic heterocycles. The van der Waals surface area contributed by atoms with E-state index in [2.05, 4.69) is 15.6 Å². The highest BCUT2D eigenvalue weighted by Gasteiger charge is 2.06. The molecule has 0 saturated carbocycles. The fourth-order valence-electron chi connectivity index (χ4n) is 1.96. The van der Waals surface area contributed by atoms with Crippen molar-refractivity contribution >= 4 is 34.7 Å². The Kier molecular flexibility index (Phi) is 5.56. The lowest BCUT2D eigenvalue weighted by Crippen LogP contribution is -2.13. The van der Waals surface area contributed by atoms with Gasteiger partial charge in [0.05, 0.1) is 5.02 Å². The molecule has 1 amide bonds. The number of nitriles is 1. The molecule has 0 spiro atoms. The van der Waals surface area contributed by atoms with Crippen molar-refractivity contribution in [2.45, 2.75) is 20.3 Å². The summed E-state index contributed by atoms with van der Waals surface area (Å²) >= 11 is 5.85. The first-order chi connectivity index (χ1) is 11.0. The fourth-order valence-corrected chi connectivity index (χ4v) is 2.11. The first-order valence-electron chi connectivity index (χ1n) is 7.21. The Hall–Kier alpha value is -2.58. The number of rotatable bonds is 5. The smallest absolute Gasteiger partial charge is 0.224 e. The summed E-state index contributed by atoms with van der Waals surface area (Å²) in [5, 5.41) is 15.2. The molecule has 0 unspecified atom stereocenters. The van der Waals surface area contributed by atoms with Gasteiger partial charge >= 0.3 is 0 Å². The molecule has 0 saturated heterocycles. The number of amides is 1. The van der Waals surface area contributed by atoms with Crippen LogP contribution in [-0.4, -0.2) is 10.9 Å². The Morgan fingerprint density at radius 1 is 1.22 bits per heavy atom. The fraction of sp³-hybridized carbons (Fsp3) is 0.235. The van der Waals surface area contributed by atoms with Crippen molar-refractivity contribution in [3.63, 3.8) is 0 Å². The number of hydrogen-bond donors (Lipinski definition) is 2. The molecule has 0 bridgehead atoms. The molecule has 0 aliphatic rings. The number of benzene rings is 1. The van der Waals surface area contributed by atoms with E-state index in [0.29, 0.717) is 23.2 Å². The summed E-state index contributed by atoms with van der Waals surface area (Å²) in [5.41, 5.74) is 1.71. The first kappa shape index (κ1) is 16.8. The molecule has 6 heteroatoms. The average molecular weight is 329 g/mol. The van der Waals surface area contributed by atoms with Crippen molar-refractivity contribution in [1.29, 1.82) is 5.26 Å². The summed E-state index contributed by atoms with van der Waals surface area (Å²) in [4.78, 5) is 15.8. The van der Waals surface area contributed by atoms with Gasteiger partial charge in [0.15, 0.2) is 5.69 Å². The third-order valence-electron chi connectivity index (χ3n) is 2.99. The summed E-state index contributed by atoms with van der Waals surface area (Å²) in [7, 11) is 0. The molecule has 0 aliphatic carbocycles. The Bertz CT molecular complexity index is 735. The molecular formula is C17H17ClN4O. The number of anilines is 3. The molecule has 2 aromatic rings. The van der Waals surface area contributed by atoms with E-state index >= 15 is 0 Å². The lowest BCUT2D eigenvalue weighted by Gasteiger charge is -2.09. The van der Waals surface area contributed by atoms with Gasteiger partial charge in [0.1, 0.15) is 11.9 Å². The van der Waals surface area contributed by atoms with Crippen LogP contribution >= 0.6 is 11.6 Å². The maximum atomic E-state index is 11.7. The summed E-state index contributed by atoms with van der Waals surface area (Å²) in [6.45, 7) is 4.00. The predicted octanol–water partition coefficient (Wildman–Crippen LogP) is 4.33. The van der Waals surface area contributed by atoms with Gasteiger partial charge < -0.3 is 10.6 Å². The number of pyridine rings is 1. The van der Waals surface area contributed by atoms with Crippen molar-refractivity contribution in [2.24, 2.45) is 5.92 Å². The summed E-state index contributed by atoms with van der Waals surface area (Å²) in [6.07, 6.45) is 0.492. The van der Waals surface area contributed by atoms with Gasteiger partial charge in [-0.2, -0.15) is 5.26 Å². The van der Waals surface area contributed by atoms with E-state index in [0.717, 1.165) is 11.4 Å². The molecule has 2 N–H and O–H groups in total. The van der Waals surface area contributed by atoms with Crippen LogP contribution in [0.25, 0.3) is 0 Å². The molecule has 23 heavy (non-hydrogen) atoms. The highest BCUT2D eigenvalue weighted by molar-refractivity contribution is 6.31. The second-order valence-electron chi connectivity index (χ2n) is 5.49. The molecule has 5 nitrogen and oxygen atoms in total. The van der Waals surface area contributed by atoms with Gasteiger partial charge in [-0.1, -0.05) is 25.4 Å². The van der Waals surface area contributed by atoms with Crippen molar-refractivity contribution in [3.05, 3.63) is 47.1 Å². The first-order valence-corrected chi connectivity index (χ1v) is 7.59. The Morgan fingerprint density at radius 2 is 1.87 bits per heavy atom. The number of nitrogens with zero attached hydrogens (tertiary/aromatic N) is 2. The second kappa shape index (κ2) is 7.61. The van der Waals surface area contributed by atoms with Crippen LogP contribution in [0.5, 0.6) is 0 Å². The summed E-state index contributed by atoms with van der Waals surface area (Å²) in [6, 6.07) is 12.5. The molecule has 0 aliphatic heterocycles. The molecule has 0 atom stereocenters. The zero-order valence-electron chi connectivity index (χ0n) is 12.9. The van der Waals surface area contributed by atoms with Crippen molar-refractivity contribution < 1.29 is 4.79 Å². The zero-order chi connectivity index (χ0) is 16.8. The van der Waals surface area contributed by atoms with Gasteiger partial charge in [0.25, 0.3) is 0 Å². The third kappa shape index (κ3) is 4.97. The van der Waals surface area contributed by atoms with E-state index in [4.69, 9.17) is 16.9 Å². The molecule has 1 heterocycles. The van der Waals surface area contributed by atoms with Gasteiger partial charge in [0.2, 0.25) is 5.91 Å². The van der Waals surface area contributed by atoms with Crippen LogP contribution in [0, 0.1) is 17.2 Å². The zero-order valence-corrected chi connectivity index (χ0v) is 13.7. The van der Waals surface area contributed by atoms with E-state index in [1.165, 1.54) is 0 Å². The van der Waals surface area contributed by atoms with Crippen LogP contribution in [0.2, 0.25) is 5.02 Å². The lowest BCUT2D eigenvalue weighted by molar-refractivity contribution is -0.116. The number of aromatic nitrogens is 1. The SMILES string of the molecule is CC(C)CC(=O)Nc1ccc(Nc2ccc(Cl)c(C#N)n2)cc1. The Balaban J connectivity index is 2.03. The highest BCUT2D eigenvalue weighted by atomic mass is 35.5. The van der Waals surface area contributed by atoms with Crippen LogP contribution in [0.3, 0.4) is 0 Å². The number of carbonyl (C=O) groups excluding carboxylic acids is 1. The highest BCUT2D eigenvalue weighted by Crippen LogP contribution is 2.21. The monoisotopic (exact) mass is 328 g/mol. The molecule has 118 valence electrons. The minimum atomic E-state index is -0.00117. The second-order valence-corrected chi connectivity index (χ2v) is 5.89. The van der Waals surface area contributed by atoms with E-state index in [-0.39, 0.29) is 11.6 Å². The number of halogens is 1. The third-order valence-corrected chi connectivity index (χ3v) is 3.29. The van der Waals surface area contributed by atoms with Gasteiger partial charge in [-0.05, 0) is 42.3 Å². The maximum Gasteiger partial charge on any atom is 0.224 e. The summed E-state index contributed by atoms with van der Waals surface area (Å²) < 4.78 is 0. The van der Waals surface area contributed by atoms with Gasteiger partial charge in [0, 0.05) is 17.8 Å². The van der Waals surface area contributed by atoms with Crippen LogP contribution in [0.4, 0.5) is 17.2 Å². The summed E-state index contributed by atoms with van der Waals surface area (Å²) in [5.74, 6) is 0.850. The predicted molar refractivity (Wildman–Crippen MR) is 91.8 cm³/mol. The van der Waals surface area contributed by atoms with Crippen molar-refractivity contribution in [2.75, 3.05) is 10.6 Å². The Morgan fingerprint density at radius 3 is 2.48 bits per heavy atom. The largest absolute Gasteiger partial charge is 0.340 e. The van der Waals surface area contributed by atoms with E-state index in [1.807, 2.05) is 44.2 Å². The van der Waals surface area contributed by atoms with Crippen LogP contribution in [0.15, 0.2) is 36.4 Å². The van der Waals surface area contributed by atoms with Crippen LogP contribution in [0.1, 0.15) is 26.0 Å². The quantitative estimate of drug-likeness (QED) is 0.856. The van der Waals surface area contributed by atoms with Crippen molar-refractivity contribution in [1.82, 2.24) is 4.98 Å². The molecule has 0 fully saturated rings. The molecule has 1 aromatic carbocycles. The Labute approximate surface area is 140 Å². The van der Waals surface area contributed by atoms with Gasteiger partial charge in [-0.25, -0.2) is 4.98 Å². The number of hydrogen-bond acceptors (Lipinski definition) is 4. The number of carbonyl (C=O) groups is 1. The van der Waals surface area contributed by atoms with E-state index in [1.54, 1.807) is 12.1 Å². The molecule has 0 radical (unpaired) electrons. The lowest BCUT2D eigenvalue weighted by atomic mass is 10.1. The maximum absolute atomic E-state index is 11.7. The number of nitrogens with one attached hydrogen (secondary N) is 2. The van der Waals surface area contributed by atoms with Crippen LogP contribution in [-0.2, 0) is 4.79 Å². The van der Waals surface area contributed by atoms with Crippen molar-refractivity contribution in [3.8, 4) is 6.07 Å². The van der Waals surface area contributed by atoms with Crippen LogP contribution < -0.4 is 10.6 Å². The minimum absolute atomic E-state index is 0.00117. The molecule has 2 rings (SSSR count). The average Bonchev–Trinajstić information content (AvgIpc) is 2.50.